The first-order chi connectivity index (χ1) is 57.9. The highest BCUT2D eigenvalue weighted by atomic mass is 16.8. The molecule has 0 spiro atoms. The van der Waals surface area contributed by atoms with Gasteiger partial charge in [0.05, 0.1) is 44.5 Å². The minimum absolute atomic E-state index is 0.0840. The number of carbonyl (C=O) groups is 9. The number of aromatic hydroxyl groups is 26. The van der Waals surface area contributed by atoms with E-state index in [9.17, 15) is 167 Å². The van der Waals surface area contributed by atoms with Gasteiger partial charge in [-0.1, -0.05) is 0 Å². The highest BCUT2D eigenvalue weighted by Gasteiger charge is 2.57. The smallest absolute Gasteiger partial charge is 0.344 e. The molecule has 0 aromatic heterocycles. The van der Waals surface area contributed by atoms with E-state index in [0.29, 0.717) is 60.7 Å². The number of aliphatic hydroxyl groups is 1. The first kappa shape index (κ1) is 83.6. The summed E-state index contributed by atoms with van der Waals surface area (Å²) in [6.07, 6.45) is -27.6. The van der Waals surface area contributed by atoms with Crippen LogP contribution in [-0.2, 0) is 52.1 Å². The van der Waals surface area contributed by atoms with Crippen molar-refractivity contribution >= 4 is 53.7 Å². The van der Waals surface area contributed by atoms with Gasteiger partial charge in [0.25, 0.3) is 0 Å². The number of fused-ring (bicyclic) bond motifs is 8. The Morgan fingerprint density at radius 2 is 0.569 bits per heavy atom. The van der Waals surface area contributed by atoms with Crippen molar-refractivity contribution in [3.63, 3.8) is 0 Å². The van der Waals surface area contributed by atoms with E-state index < -0.39 is 362 Å². The lowest BCUT2D eigenvalue weighted by molar-refractivity contribution is -0.284. The molecule has 10 unspecified atom stereocenters. The lowest BCUT2D eigenvalue weighted by Gasteiger charge is -2.43. The lowest BCUT2D eigenvalue weighted by Crippen LogP contribution is -2.63. The summed E-state index contributed by atoms with van der Waals surface area (Å²) in [5.41, 5.74) is -16.2. The van der Waals surface area contributed by atoms with E-state index in [2.05, 4.69) is 0 Å². The highest BCUT2D eigenvalue weighted by Crippen LogP contribution is 2.58. The second-order valence-corrected chi connectivity index (χ2v) is 26.5. The molecule has 0 radical (unpaired) electrons. The van der Waals surface area contributed by atoms with Gasteiger partial charge >= 0.3 is 53.7 Å². The van der Waals surface area contributed by atoms with E-state index in [1.165, 1.54) is 0 Å². The molecule has 0 aliphatic carbocycles. The van der Waals surface area contributed by atoms with Gasteiger partial charge in [0.15, 0.2) is 163 Å². The Morgan fingerprint density at radius 3 is 0.935 bits per heavy atom. The van der Waals surface area contributed by atoms with Gasteiger partial charge in [-0.2, -0.15) is 0 Å². The molecule has 4 heterocycles. The number of phenols is 26. The molecule has 48 heteroatoms. The molecule has 123 heavy (non-hydrogen) atoms. The number of phenolic OH excluding ortho intramolecular Hbond substituents is 26. The number of hydrogen-bond donors (Lipinski definition) is 27. The number of hydrogen-bond acceptors (Lipinski definition) is 48. The third kappa shape index (κ3) is 14.8. The molecule has 0 amide bonds. The van der Waals surface area contributed by atoms with Gasteiger partial charge in [0.2, 0.25) is 46.9 Å². The van der Waals surface area contributed by atoms with Gasteiger partial charge < -0.3 is 195 Å². The molecule has 642 valence electrons. The number of esters is 9. The van der Waals surface area contributed by atoms with Crippen LogP contribution in [-0.4, -0.2) is 266 Å². The quantitative estimate of drug-likeness (QED) is 0.0475. The molecule has 10 atom stereocenters. The Balaban J connectivity index is 0.962. The molecule has 9 aromatic carbocycles. The van der Waals surface area contributed by atoms with Crippen molar-refractivity contribution in [1.82, 2.24) is 0 Å². The number of aliphatic hydroxyl groups excluding tert-OH is 1. The van der Waals surface area contributed by atoms with Gasteiger partial charge in [-0.3, -0.25) is 0 Å². The summed E-state index contributed by atoms with van der Waals surface area (Å²) >= 11 is 0. The van der Waals surface area contributed by atoms with Crippen LogP contribution >= 0.6 is 0 Å². The summed E-state index contributed by atoms with van der Waals surface area (Å²) in [5.74, 6) is -59.0. The first-order valence-corrected chi connectivity index (χ1v) is 34.1. The zero-order valence-corrected chi connectivity index (χ0v) is 60.3. The van der Waals surface area contributed by atoms with E-state index in [1.54, 1.807) is 0 Å². The van der Waals surface area contributed by atoms with Gasteiger partial charge in [-0.25, -0.2) is 43.2 Å². The van der Waals surface area contributed by atoms with Crippen LogP contribution in [0.15, 0.2) is 78.9 Å². The lowest BCUT2D eigenvalue weighted by atomic mass is 9.91. The predicted octanol–water partition coefficient (Wildman–Crippen LogP) is 2.75. The summed E-state index contributed by atoms with van der Waals surface area (Å²) < 4.78 is 67.8. The van der Waals surface area contributed by atoms with Crippen molar-refractivity contribution in [2.45, 2.75) is 61.4 Å². The molecule has 2 fully saturated rings. The Hall–Kier alpha value is -17.3. The molecule has 2 saturated heterocycles. The molecule has 13 rings (SSSR count). The van der Waals surface area contributed by atoms with Crippen LogP contribution in [0.2, 0.25) is 0 Å². The fourth-order valence-corrected chi connectivity index (χ4v) is 12.9. The largest absolute Gasteiger partial charge is 0.504 e. The first-order valence-electron chi connectivity index (χ1n) is 34.1. The highest BCUT2D eigenvalue weighted by molar-refractivity contribution is 6.10. The minimum Gasteiger partial charge on any atom is -0.504 e. The monoisotopic (exact) mass is 1720 g/mol. The van der Waals surface area contributed by atoms with Crippen LogP contribution in [0.1, 0.15) is 93.2 Å². The second kappa shape index (κ2) is 31.3. The summed E-state index contributed by atoms with van der Waals surface area (Å²) in [4.78, 5) is 132. The average Bonchev–Trinajstić information content (AvgIpc) is 1.73. The molecular weight excluding hydrogens is 1670 g/mol. The van der Waals surface area contributed by atoms with E-state index in [-0.39, 0.29) is 18.2 Å². The number of ether oxygens (including phenoxy) is 12. The second-order valence-electron chi connectivity index (χ2n) is 26.5. The Kier molecular flexibility index (Phi) is 21.3. The Bertz CT molecular complexity index is 5970. The molecule has 4 aliphatic heterocycles. The van der Waals surface area contributed by atoms with Gasteiger partial charge in [0, 0.05) is 34.4 Å². The SMILES string of the molecule is O=C(OC1C(O)OC2COC(=O)c3cc(O)c(O)c(O)c3-c3c(cc(Oc4c(C(=O)OC5OC6COC(=O)c7cc(O)c(O)c(O)c7-c7c(cc(O)c(O)c7O)C(=O)OC6C(OC(=O)c6cc(O)c(O)c(O)c6)C5OC(=O)c5cc(O)c(O)c(O)c5)cc(O)c(O)c4O)c(O)c3O)C(=O)OC2C1OC(=O)c1cc(O)c(O)c(O)c1)c1cc(O)c(O)c(O)c1. The average molecular weight is 1720 g/mol. The maximum atomic E-state index is 15.5. The summed E-state index contributed by atoms with van der Waals surface area (Å²) in [6.45, 7) is -3.00. The molecule has 27 N–H and O–H groups in total. The zero-order chi connectivity index (χ0) is 89.7. The van der Waals surface area contributed by atoms with Crippen LogP contribution in [0.5, 0.6) is 161 Å². The van der Waals surface area contributed by atoms with Gasteiger partial charge in [-0.15, -0.1) is 0 Å². The third-order valence-corrected chi connectivity index (χ3v) is 18.9. The summed E-state index contributed by atoms with van der Waals surface area (Å²) in [7, 11) is 0. The number of carbonyl (C=O) groups excluding carboxylic acids is 9. The van der Waals surface area contributed by atoms with E-state index >= 15 is 14.4 Å². The summed E-state index contributed by atoms with van der Waals surface area (Å²) in [6, 6.07) is 4.44. The van der Waals surface area contributed by atoms with E-state index in [4.69, 9.17) is 56.8 Å². The van der Waals surface area contributed by atoms with Crippen molar-refractivity contribution in [3.05, 3.63) is 129 Å². The number of benzene rings is 9. The topological polar surface area (TPSA) is 811 Å². The Morgan fingerprint density at radius 1 is 0.285 bits per heavy atom. The van der Waals surface area contributed by atoms with E-state index in [1.807, 2.05) is 0 Å². The minimum atomic E-state index is -3.12. The van der Waals surface area contributed by atoms with Crippen molar-refractivity contribution in [1.29, 1.82) is 0 Å². The van der Waals surface area contributed by atoms with Gasteiger partial charge in [0.1, 0.15) is 31.0 Å². The van der Waals surface area contributed by atoms with Crippen molar-refractivity contribution in [3.8, 4) is 183 Å². The third-order valence-electron chi connectivity index (χ3n) is 18.9. The normalized spacial score (nSPS) is 19.8. The number of rotatable bonds is 12. The van der Waals surface area contributed by atoms with Crippen LogP contribution in [0.4, 0.5) is 0 Å². The van der Waals surface area contributed by atoms with Crippen LogP contribution in [0.25, 0.3) is 22.3 Å². The fourth-order valence-electron chi connectivity index (χ4n) is 12.9. The molecule has 0 bridgehead atoms. The molecule has 9 aromatic rings. The fraction of sp³-hybridized carbons (Fsp3) is 0.160. The van der Waals surface area contributed by atoms with Gasteiger partial charge in [-0.05, 0) is 66.7 Å². The molecule has 0 saturated carbocycles. The van der Waals surface area contributed by atoms with E-state index in [0.717, 1.165) is 0 Å². The van der Waals surface area contributed by atoms with Crippen LogP contribution < -0.4 is 4.74 Å². The van der Waals surface area contributed by atoms with Crippen molar-refractivity contribution in [2.24, 2.45) is 0 Å². The molecular formula is C75H54O48. The maximum absolute atomic E-state index is 15.5. The Labute approximate surface area is 676 Å². The molecule has 48 nitrogen and oxygen atoms in total. The van der Waals surface area contributed by atoms with Crippen LogP contribution in [0, 0.1) is 0 Å². The van der Waals surface area contributed by atoms with Crippen LogP contribution in [0.3, 0.4) is 0 Å². The predicted molar refractivity (Wildman–Crippen MR) is 380 cm³/mol. The van der Waals surface area contributed by atoms with Crippen molar-refractivity contribution < 1.29 is 238 Å². The summed E-state index contributed by atoms with van der Waals surface area (Å²) in [5, 5.41) is 294. The maximum Gasteiger partial charge on any atom is 0.344 e. The van der Waals surface area contributed by atoms with Crippen molar-refractivity contribution in [2.75, 3.05) is 13.2 Å². The molecule has 4 aliphatic rings. The number of cyclic esters (lactones) is 2. The zero-order valence-electron chi connectivity index (χ0n) is 60.3. The standard InChI is InChI=1S/C75H54O48/c76-25-1-16(2-26(77)44(25)88)65(102)119-61-59-38(115-74(111)63(61)121-67(104)18-5-29(80)46(90)30(81)6-18)14-112-69(106)21-10-34(85)49(93)54(98)41(21)43-23(72(109)117-59)13-37(52(96)56(43)100)114-58-24(12-36(87)51(95)57(58)101)73(110)123-75-64(122-68(105)19-7-31(82)47(91)32(83)8-19)62(120-66(103)17-3-27(78)45(89)28(79)4-17)60-39(116-75)15-113-70(107)20-9-33(84)48(92)53(97)40(20)42-22(71(108)118-60)11-35(86)50(94)55(42)99/h1-13,38-39,59-64,74-101,111H,14-15H2.